The molecule has 1 nitrogen and oxygen atoms in total. The number of rotatable bonds is 2. The molecule has 0 fully saturated rings. The third-order valence-corrected chi connectivity index (χ3v) is 2.60. The van der Waals surface area contributed by atoms with Crippen molar-refractivity contribution in [3.63, 3.8) is 0 Å². The SMILES string of the molecule is Cc1cncc(C[Si](C)C)c1. The van der Waals surface area contributed by atoms with Gasteiger partial charge in [-0.3, -0.25) is 4.98 Å². The van der Waals surface area contributed by atoms with Crippen LogP contribution in [0.2, 0.25) is 13.1 Å². The fraction of sp³-hybridized carbons (Fsp3) is 0.444. The summed E-state index contributed by atoms with van der Waals surface area (Å²) in [5.74, 6) is 0. The van der Waals surface area contributed by atoms with Gasteiger partial charge in [0.1, 0.15) is 0 Å². The lowest BCUT2D eigenvalue weighted by Crippen LogP contribution is -2.05. The molecule has 0 saturated carbocycles. The van der Waals surface area contributed by atoms with Gasteiger partial charge in [0.15, 0.2) is 0 Å². The Bertz CT molecular complexity index is 233. The van der Waals surface area contributed by atoms with E-state index in [1.807, 2.05) is 12.4 Å². The summed E-state index contributed by atoms with van der Waals surface area (Å²) in [7, 11) is -0.143. The van der Waals surface area contributed by atoms with E-state index in [1.165, 1.54) is 17.2 Å². The largest absolute Gasteiger partial charge is 0.264 e. The summed E-state index contributed by atoms with van der Waals surface area (Å²) in [6.45, 7) is 6.74. The van der Waals surface area contributed by atoms with E-state index in [4.69, 9.17) is 0 Å². The maximum atomic E-state index is 4.15. The molecule has 0 spiro atoms. The number of aryl methyl sites for hydroxylation is 1. The topological polar surface area (TPSA) is 12.9 Å². The number of hydrogen-bond donors (Lipinski definition) is 0. The van der Waals surface area contributed by atoms with Gasteiger partial charge in [0.25, 0.3) is 0 Å². The van der Waals surface area contributed by atoms with E-state index in [9.17, 15) is 0 Å². The average molecular weight is 164 g/mol. The van der Waals surface area contributed by atoms with Gasteiger partial charge >= 0.3 is 0 Å². The van der Waals surface area contributed by atoms with Crippen LogP contribution >= 0.6 is 0 Å². The Morgan fingerprint density at radius 2 is 2.09 bits per heavy atom. The summed E-state index contributed by atoms with van der Waals surface area (Å²) >= 11 is 0. The van der Waals surface area contributed by atoms with Crippen molar-refractivity contribution in [3.05, 3.63) is 29.6 Å². The molecule has 59 valence electrons. The van der Waals surface area contributed by atoms with Crippen LogP contribution in [0.5, 0.6) is 0 Å². The van der Waals surface area contributed by atoms with Gasteiger partial charge in [0, 0.05) is 21.2 Å². The van der Waals surface area contributed by atoms with Gasteiger partial charge < -0.3 is 0 Å². The van der Waals surface area contributed by atoms with Crippen molar-refractivity contribution in [1.29, 1.82) is 0 Å². The molecule has 0 bridgehead atoms. The van der Waals surface area contributed by atoms with Crippen LogP contribution in [0.1, 0.15) is 11.1 Å². The molecule has 2 heteroatoms. The third kappa shape index (κ3) is 2.85. The fourth-order valence-electron chi connectivity index (χ4n) is 1.12. The zero-order chi connectivity index (χ0) is 8.27. The van der Waals surface area contributed by atoms with Crippen molar-refractivity contribution in [1.82, 2.24) is 4.98 Å². The molecule has 0 unspecified atom stereocenters. The zero-order valence-corrected chi connectivity index (χ0v) is 8.39. The highest BCUT2D eigenvalue weighted by atomic mass is 28.3. The van der Waals surface area contributed by atoms with E-state index < -0.39 is 0 Å². The smallest absolute Gasteiger partial charge is 0.0460 e. The summed E-state index contributed by atoms with van der Waals surface area (Å²) in [4.78, 5) is 4.15. The van der Waals surface area contributed by atoms with Crippen LogP contribution in [0.4, 0.5) is 0 Å². The summed E-state index contributed by atoms with van der Waals surface area (Å²) in [6.07, 6.45) is 3.88. The van der Waals surface area contributed by atoms with E-state index in [0.29, 0.717) is 0 Å². The lowest BCUT2D eigenvalue weighted by atomic mass is 10.2. The predicted molar refractivity (Wildman–Crippen MR) is 50.2 cm³/mol. The monoisotopic (exact) mass is 164 g/mol. The molecular formula is C9H14NSi. The first kappa shape index (κ1) is 8.46. The Kier molecular flexibility index (Phi) is 2.82. The van der Waals surface area contributed by atoms with Crippen molar-refractivity contribution in [3.8, 4) is 0 Å². The molecule has 1 radical (unpaired) electrons. The highest BCUT2D eigenvalue weighted by Gasteiger charge is 1.98. The Balaban J connectivity index is 2.71. The van der Waals surface area contributed by atoms with Crippen molar-refractivity contribution in [2.75, 3.05) is 0 Å². The Labute approximate surface area is 70.1 Å². The number of pyridine rings is 1. The standard InChI is InChI=1S/C9H14NSi/c1-8-4-9(6-10-5-8)7-11(2)3/h4-6H,7H2,1-3H3. The lowest BCUT2D eigenvalue weighted by Gasteiger charge is -2.02. The van der Waals surface area contributed by atoms with Gasteiger partial charge in [-0.2, -0.15) is 0 Å². The van der Waals surface area contributed by atoms with Crippen molar-refractivity contribution < 1.29 is 0 Å². The van der Waals surface area contributed by atoms with Crippen molar-refractivity contribution in [2.45, 2.75) is 26.1 Å². The van der Waals surface area contributed by atoms with E-state index in [2.05, 4.69) is 31.1 Å². The first-order valence-corrected chi connectivity index (χ1v) is 6.59. The molecule has 1 aromatic heterocycles. The highest BCUT2D eigenvalue weighted by Crippen LogP contribution is 2.03. The number of aromatic nitrogens is 1. The Hall–Kier alpha value is -0.633. The second-order valence-corrected chi connectivity index (χ2v) is 6.02. The van der Waals surface area contributed by atoms with Gasteiger partial charge in [0.2, 0.25) is 0 Å². The molecule has 0 aliphatic rings. The maximum Gasteiger partial charge on any atom is 0.0460 e. The van der Waals surface area contributed by atoms with Gasteiger partial charge in [-0.25, -0.2) is 0 Å². The fourth-order valence-corrected chi connectivity index (χ4v) is 2.13. The normalized spacial score (nSPS) is 10.5. The zero-order valence-electron chi connectivity index (χ0n) is 7.39. The van der Waals surface area contributed by atoms with Crippen LogP contribution < -0.4 is 0 Å². The van der Waals surface area contributed by atoms with Crippen molar-refractivity contribution in [2.24, 2.45) is 0 Å². The molecule has 0 saturated heterocycles. The third-order valence-electron chi connectivity index (χ3n) is 1.49. The quantitative estimate of drug-likeness (QED) is 0.611. The van der Waals surface area contributed by atoms with Crippen LogP contribution in [0.15, 0.2) is 18.5 Å². The molecule has 1 aromatic rings. The molecule has 0 amide bonds. The van der Waals surface area contributed by atoms with Crippen molar-refractivity contribution >= 4 is 8.80 Å². The molecule has 0 atom stereocenters. The van der Waals surface area contributed by atoms with E-state index in [0.717, 1.165) is 0 Å². The summed E-state index contributed by atoms with van der Waals surface area (Å²) in [5.41, 5.74) is 2.66. The van der Waals surface area contributed by atoms with Crippen LogP contribution in [0.3, 0.4) is 0 Å². The molecule has 0 N–H and O–H groups in total. The molecule has 0 aromatic carbocycles. The van der Waals surface area contributed by atoms with E-state index >= 15 is 0 Å². The molecular weight excluding hydrogens is 150 g/mol. The van der Waals surface area contributed by atoms with Crippen LogP contribution in [-0.2, 0) is 6.04 Å². The van der Waals surface area contributed by atoms with Crippen LogP contribution in [-0.4, -0.2) is 13.8 Å². The van der Waals surface area contributed by atoms with Gasteiger partial charge in [-0.05, 0) is 24.1 Å². The minimum absolute atomic E-state index is 0.143. The minimum atomic E-state index is -0.143. The summed E-state index contributed by atoms with van der Waals surface area (Å²) in [6, 6.07) is 3.46. The summed E-state index contributed by atoms with van der Waals surface area (Å²) in [5, 5.41) is 0. The van der Waals surface area contributed by atoms with Gasteiger partial charge in [0.05, 0.1) is 0 Å². The molecule has 0 aliphatic carbocycles. The van der Waals surface area contributed by atoms with Gasteiger partial charge in [-0.15, -0.1) is 0 Å². The molecule has 11 heavy (non-hydrogen) atoms. The maximum absolute atomic E-state index is 4.15. The average Bonchev–Trinajstić information content (AvgIpc) is 1.85. The Morgan fingerprint density at radius 1 is 1.36 bits per heavy atom. The molecule has 0 aliphatic heterocycles. The van der Waals surface area contributed by atoms with E-state index in [1.54, 1.807) is 0 Å². The minimum Gasteiger partial charge on any atom is -0.264 e. The van der Waals surface area contributed by atoms with E-state index in [-0.39, 0.29) is 8.80 Å². The van der Waals surface area contributed by atoms with Crippen LogP contribution in [0.25, 0.3) is 0 Å². The first-order valence-electron chi connectivity index (χ1n) is 3.88. The molecule has 1 rings (SSSR count). The number of nitrogens with zero attached hydrogens (tertiary/aromatic N) is 1. The van der Waals surface area contributed by atoms with Crippen LogP contribution in [0, 0.1) is 6.92 Å². The lowest BCUT2D eigenvalue weighted by molar-refractivity contribution is 1.19. The predicted octanol–water partition coefficient (Wildman–Crippen LogP) is 2.23. The van der Waals surface area contributed by atoms with Gasteiger partial charge in [-0.1, -0.05) is 19.2 Å². The highest BCUT2D eigenvalue weighted by molar-refractivity contribution is 6.55. The summed E-state index contributed by atoms with van der Waals surface area (Å²) < 4.78 is 0. The second kappa shape index (κ2) is 3.67. The second-order valence-electron chi connectivity index (χ2n) is 3.25. The Morgan fingerprint density at radius 3 is 2.64 bits per heavy atom. The molecule has 1 heterocycles. The number of hydrogen-bond acceptors (Lipinski definition) is 1. The first-order chi connectivity index (χ1) is 5.18.